The minimum Gasteiger partial charge on any atom is -0.278 e. The lowest BCUT2D eigenvalue weighted by Gasteiger charge is -2.08. The quantitative estimate of drug-likeness (QED) is 0.613. The fourth-order valence-corrected chi connectivity index (χ4v) is 2.15. The standard InChI is InChI=1S/C9H3Cl3F2N2/c10-5-4(3-1-2-15-16-3)6(11)9(14)7(12)8(5)13/h1-2H,(H,15,16). The zero-order chi connectivity index (χ0) is 11.9. The lowest BCUT2D eigenvalue weighted by atomic mass is 10.1. The van der Waals surface area contributed by atoms with Gasteiger partial charge >= 0.3 is 0 Å². The van der Waals surface area contributed by atoms with Gasteiger partial charge in [0.05, 0.1) is 15.7 Å². The molecule has 0 atom stereocenters. The van der Waals surface area contributed by atoms with E-state index in [1.165, 1.54) is 12.3 Å². The van der Waals surface area contributed by atoms with Crippen molar-refractivity contribution in [2.75, 3.05) is 0 Å². The molecule has 0 saturated heterocycles. The van der Waals surface area contributed by atoms with Crippen LogP contribution in [0.2, 0.25) is 15.1 Å². The van der Waals surface area contributed by atoms with Crippen LogP contribution in [0.4, 0.5) is 8.78 Å². The molecule has 2 aromatic rings. The topological polar surface area (TPSA) is 28.7 Å². The van der Waals surface area contributed by atoms with Gasteiger partial charge < -0.3 is 0 Å². The molecule has 1 aromatic carbocycles. The summed E-state index contributed by atoms with van der Waals surface area (Å²) in [4.78, 5) is 0. The molecule has 1 N–H and O–H groups in total. The summed E-state index contributed by atoms with van der Waals surface area (Å²) in [5.74, 6) is -2.09. The van der Waals surface area contributed by atoms with Crippen LogP contribution in [-0.2, 0) is 0 Å². The van der Waals surface area contributed by atoms with Crippen LogP contribution in [-0.4, -0.2) is 10.2 Å². The van der Waals surface area contributed by atoms with Gasteiger partial charge in [-0.1, -0.05) is 34.8 Å². The van der Waals surface area contributed by atoms with Gasteiger partial charge in [-0.05, 0) is 6.07 Å². The minimum absolute atomic E-state index is 0.000216. The number of benzene rings is 1. The van der Waals surface area contributed by atoms with E-state index in [-0.39, 0.29) is 15.6 Å². The zero-order valence-electron chi connectivity index (χ0n) is 7.49. The van der Waals surface area contributed by atoms with Gasteiger partial charge in [0.25, 0.3) is 0 Å². The Balaban J connectivity index is 2.81. The maximum absolute atomic E-state index is 13.4. The van der Waals surface area contributed by atoms with Gasteiger partial charge in [-0.3, -0.25) is 5.10 Å². The SMILES string of the molecule is Fc1c(Cl)c(F)c(Cl)c(-c2ccn[nH]2)c1Cl. The summed E-state index contributed by atoms with van der Waals surface area (Å²) in [6.45, 7) is 0. The van der Waals surface area contributed by atoms with Crippen molar-refractivity contribution in [2.45, 2.75) is 0 Å². The molecule has 0 aliphatic carbocycles. The first-order valence-electron chi connectivity index (χ1n) is 4.05. The molecule has 0 fully saturated rings. The molecule has 2 nitrogen and oxygen atoms in total. The van der Waals surface area contributed by atoms with E-state index >= 15 is 0 Å². The van der Waals surface area contributed by atoms with E-state index in [2.05, 4.69) is 10.2 Å². The van der Waals surface area contributed by atoms with Gasteiger partial charge in [0.15, 0.2) is 11.6 Å². The minimum atomic E-state index is -1.05. The van der Waals surface area contributed by atoms with E-state index in [9.17, 15) is 8.78 Å². The molecule has 1 aromatic heterocycles. The highest BCUT2D eigenvalue weighted by Gasteiger charge is 2.23. The third kappa shape index (κ3) is 1.67. The van der Waals surface area contributed by atoms with Gasteiger partial charge in [-0.2, -0.15) is 5.10 Å². The predicted molar refractivity (Wildman–Crippen MR) is 59.0 cm³/mol. The van der Waals surface area contributed by atoms with E-state index in [0.717, 1.165) is 0 Å². The number of rotatable bonds is 1. The number of halogens is 5. The summed E-state index contributed by atoms with van der Waals surface area (Å²) >= 11 is 16.8. The summed E-state index contributed by atoms with van der Waals surface area (Å²) < 4.78 is 26.9. The maximum atomic E-state index is 13.4. The first kappa shape index (κ1) is 11.6. The fraction of sp³-hybridized carbons (Fsp3) is 0. The summed E-state index contributed by atoms with van der Waals surface area (Å²) in [5.41, 5.74) is 0.310. The molecule has 7 heteroatoms. The van der Waals surface area contributed by atoms with Gasteiger partial charge in [-0.25, -0.2) is 8.78 Å². The highest BCUT2D eigenvalue weighted by atomic mass is 35.5. The van der Waals surface area contributed by atoms with Gasteiger partial charge in [0, 0.05) is 11.8 Å². The highest BCUT2D eigenvalue weighted by molar-refractivity contribution is 6.42. The van der Waals surface area contributed by atoms with E-state index in [1.54, 1.807) is 0 Å². The molecule has 0 amide bonds. The monoisotopic (exact) mass is 282 g/mol. The number of H-pyrrole nitrogens is 1. The van der Waals surface area contributed by atoms with Crippen LogP contribution in [0.5, 0.6) is 0 Å². The second kappa shape index (κ2) is 4.20. The number of hydrogen-bond acceptors (Lipinski definition) is 1. The molecule has 1 heterocycles. The number of nitrogens with zero attached hydrogens (tertiary/aromatic N) is 1. The van der Waals surface area contributed by atoms with Crippen LogP contribution in [0.25, 0.3) is 11.3 Å². The number of aromatic nitrogens is 2. The van der Waals surface area contributed by atoms with Crippen LogP contribution in [0, 0.1) is 11.6 Å². The van der Waals surface area contributed by atoms with Crippen molar-refractivity contribution in [3.8, 4) is 11.3 Å². The molecule has 0 bridgehead atoms. The van der Waals surface area contributed by atoms with Crippen LogP contribution in [0.3, 0.4) is 0 Å². The van der Waals surface area contributed by atoms with Crippen molar-refractivity contribution in [3.63, 3.8) is 0 Å². The Kier molecular flexibility index (Phi) is 3.06. The lowest BCUT2D eigenvalue weighted by Crippen LogP contribution is -1.93. The van der Waals surface area contributed by atoms with Crippen molar-refractivity contribution in [3.05, 3.63) is 39.0 Å². The normalized spacial score (nSPS) is 10.8. The van der Waals surface area contributed by atoms with Crippen LogP contribution < -0.4 is 0 Å². The molecule has 0 radical (unpaired) electrons. The molecule has 0 unspecified atom stereocenters. The number of nitrogens with one attached hydrogen (secondary N) is 1. The lowest BCUT2D eigenvalue weighted by molar-refractivity contribution is 0.585. The van der Waals surface area contributed by atoms with Gasteiger partial charge in [0.1, 0.15) is 5.02 Å². The van der Waals surface area contributed by atoms with Crippen molar-refractivity contribution in [1.82, 2.24) is 10.2 Å². The van der Waals surface area contributed by atoms with E-state index in [1.807, 2.05) is 0 Å². The maximum Gasteiger partial charge on any atom is 0.164 e. The molecule has 0 aliphatic rings. The first-order valence-corrected chi connectivity index (χ1v) is 5.18. The van der Waals surface area contributed by atoms with Gasteiger partial charge in [0.2, 0.25) is 0 Å². The zero-order valence-corrected chi connectivity index (χ0v) is 9.76. The largest absolute Gasteiger partial charge is 0.278 e. The second-order valence-corrected chi connectivity index (χ2v) is 4.05. The Morgan fingerprint density at radius 2 is 1.56 bits per heavy atom. The average Bonchev–Trinajstić information content (AvgIpc) is 2.77. The van der Waals surface area contributed by atoms with E-state index in [0.29, 0.717) is 5.69 Å². The molecule has 0 spiro atoms. The van der Waals surface area contributed by atoms with Crippen LogP contribution in [0.15, 0.2) is 12.3 Å². The van der Waals surface area contributed by atoms with E-state index in [4.69, 9.17) is 34.8 Å². The summed E-state index contributed by atoms with van der Waals surface area (Å²) in [6, 6.07) is 1.49. The Bertz CT molecular complexity index is 511. The van der Waals surface area contributed by atoms with E-state index < -0.39 is 16.7 Å². The van der Waals surface area contributed by atoms with Crippen molar-refractivity contribution >= 4 is 34.8 Å². The molecule has 0 saturated carbocycles. The average molecular weight is 283 g/mol. The van der Waals surface area contributed by atoms with Gasteiger partial charge in [-0.15, -0.1) is 0 Å². The number of hydrogen-bond donors (Lipinski definition) is 1. The van der Waals surface area contributed by atoms with Crippen molar-refractivity contribution < 1.29 is 8.78 Å². The van der Waals surface area contributed by atoms with Crippen LogP contribution in [0.1, 0.15) is 0 Å². The summed E-state index contributed by atoms with van der Waals surface area (Å²) in [5, 5.41) is 4.74. The fourth-order valence-electron chi connectivity index (χ4n) is 1.24. The Morgan fingerprint density at radius 1 is 1.00 bits per heavy atom. The molecule has 0 aliphatic heterocycles. The summed E-state index contributed by atoms with van der Waals surface area (Å²) in [7, 11) is 0. The predicted octanol–water partition coefficient (Wildman–Crippen LogP) is 4.32. The third-order valence-electron chi connectivity index (χ3n) is 1.98. The first-order chi connectivity index (χ1) is 7.54. The molecular weight excluding hydrogens is 280 g/mol. The summed E-state index contributed by atoms with van der Waals surface area (Å²) in [6.07, 6.45) is 1.41. The molecule has 84 valence electrons. The smallest absolute Gasteiger partial charge is 0.164 e. The highest BCUT2D eigenvalue weighted by Crippen LogP contribution is 2.41. The molecular formula is C9H3Cl3F2N2. The Hall–Kier alpha value is -0.840. The molecule has 2 rings (SSSR count). The van der Waals surface area contributed by atoms with Crippen molar-refractivity contribution in [1.29, 1.82) is 0 Å². The van der Waals surface area contributed by atoms with Crippen LogP contribution >= 0.6 is 34.8 Å². The third-order valence-corrected chi connectivity index (χ3v) is 3.02. The number of aromatic amines is 1. The van der Waals surface area contributed by atoms with Crippen molar-refractivity contribution in [2.24, 2.45) is 0 Å². The Labute approximate surface area is 104 Å². The second-order valence-electron chi connectivity index (χ2n) is 2.92. The Morgan fingerprint density at radius 3 is 2.00 bits per heavy atom. The molecule has 16 heavy (non-hydrogen) atoms.